The van der Waals surface area contributed by atoms with Gasteiger partial charge >= 0.3 is 18.2 Å². The van der Waals surface area contributed by atoms with Crippen LogP contribution in [0.15, 0.2) is 4.52 Å². The zero-order chi connectivity index (χ0) is 12.5. The van der Waals surface area contributed by atoms with Gasteiger partial charge in [0.2, 0.25) is 5.82 Å². The summed E-state index contributed by atoms with van der Waals surface area (Å²) in [5.41, 5.74) is 0. The zero-order valence-corrected chi connectivity index (χ0v) is 8.50. The van der Waals surface area contributed by atoms with Crippen LogP contribution in [0.2, 0.25) is 0 Å². The Morgan fingerprint density at radius 2 is 2.18 bits per heavy atom. The number of nitrogens with one attached hydrogen (secondary N) is 1. The molecule has 0 saturated carbocycles. The molecule has 2 heterocycles. The molecule has 1 atom stereocenters. The van der Waals surface area contributed by atoms with Gasteiger partial charge in [-0.15, -0.1) is 0 Å². The molecule has 9 heteroatoms. The van der Waals surface area contributed by atoms with Crippen molar-refractivity contribution in [3.05, 3.63) is 11.7 Å². The molecule has 0 aliphatic carbocycles. The van der Waals surface area contributed by atoms with Crippen LogP contribution >= 0.6 is 0 Å². The highest BCUT2D eigenvalue weighted by Gasteiger charge is 2.49. The van der Waals surface area contributed by atoms with E-state index in [-0.39, 0.29) is 5.82 Å². The lowest BCUT2D eigenvalue weighted by Gasteiger charge is -2.20. The van der Waals surface area contributed by atoms with Crippen LogP contribution in [0, 0.1) is 0 Å². The predicted molar refractivity (Wildman–Crippen MR) is 45.8 cm³/mol. The molecule has 1 aliphatic heterocycles. The smallest absolute Gasteiger partial charge is 0.367 e. The Hall–Kier alpha value is -1.22. The summed E-state index contributed by atoms with van der Waals surface area (Å²) in [5.74, 6) is -5.99. The Balaban J connectivity index is 2.15. The second-order valence-corrected chi connectivity index (χ2v) is 3.44. The molecule has 1 saturated heterocycles. The number of ether oxygens (including phenoxy) is 1. The number of hydrogen-bond acceptors (Lipinski definition) is 5. The second kappa shape index (κ2) is 4.57. The third kappa shape index (κ3) is 2.39. The van der Waals surface area contributed by atoms with Gasteiger partial charge in [-0.05, 0) is 0 Å². The summed E-state index contributed by atoms with van der Waals surface area (Å²) in [6, 6.07) is 0. The van der Waals surface area contributed by atoms with Crippen molar-refractivity contribution < 1.29 is 26.8 Å². The number of alkyl halides is 4. The van der Waals surface area contributed by atoms with Gasteiger partial charge in [0.25, 0.3) is 0 Å². The van der Waals surface area contributed by atoms with E-state index in [9.17, 15) is 17.6 Å². The maximum atomic E-state index is 12.9. The molecule has 0 aromatic carbocycles. The van der Waals surface area contributed by atoms with E-state index < -0.39 is 24.3 Å². The van der Waals surface area contributed by atoms with Gasteiger partial charge in [0.1, 0.15) is 6.10 Å². The number of rotatable bonds is 3. The molecular weight excluding hydrogens is 246 g/mol. The summed E-state index contributed by atoms with van der Waals surface area (Å²) in [7, 11) is 0. The number of nitrogens with zero attached hydrogens (tertiary/aromatic N) is 2. The summed E-state index contributed by atoms with van der Waals surface area (Å²) in [4.78, 5) is 3.25. The van der Waals surface area contributed by atoms with Crippen molar-refractivity contribution in [1.82, 2.24) is 15.5 Å². The molecule has 1 unspecified atom stereocenters. The van der Waals surface area contributed by atoms with E-state index in [0.29, 0.717) is 19.7 Å². The summed E-state index contributed by atoms with van der Waals surface area (Å²) in [6.45, 7) is 1.30. The molecule has 96 valence electrons. The minimum Gasteiger partial charge on any atom is -0.367 e. The van der Waals surface area contributed by atoms with Crippen molar-refractivity contribution in [2.75, 3.05) is 19.7 Å². The van der Waals surface area contributed by atoms with Gasteiger partial charge in [-0.2, -0.15) is 13.8 Å². The van der Waals surface area contributed by atoms with Crippen LogP contribution in [0.5, 0.6) is 0 Å². The Bertz CT molecular complexity index is 379. The fourth-order valence-electron chi connectivity index (χ4n) is 1.33. The molecule has 1 aromatic heterocycles. The predicted octanol–water partition coefficient (Wildman–Crippen LogP) is 1.09. The lowest BCUT2D eigenvalue weighted by Crippen LogP contribution is -2.34. The highest BCUT2D eigenvalue weighted by molar-refractivity contribution is 4.99. The number of hydrogen-bond donors (Lipinski definition) is 1. The average Bonchev–Trinajstić information content (AvgIpc) is 2.80. The SMILES string of the molecule is FC(F)C(F)(F)c1nc(C2CNCCO2)no1. The van der Waals surface area contributed by atoms with Crippen LogP contribution in [0.3, 0.4) is 0 Å². The van der Waals surface area contributed by atoms with Gasteiger partial charge in [0.15, 0.2) is 0 Å². The van der Waals surface area contributed by atoms with Crippen molar-refractivity contribution in [3.8, 4) is 0 Å². The van der Waals surface area contributed by atoms with Gasteiger partial charge in [-0.3, -0.25) is 0 Å². The molecule has 0 bridgehead atoms. The first-order valence-electron chi connectivity index (χ1n) is 4.84. The normalized spacial score (nSPS) is 22.1. The standard InChI is InChI=1S/C8H9F4N3O2/c9-6(10)8(11,12)7-14-5(15-17-7)4-3-13-1-2-16-4/h4,6,13H,1-3H2. The highest BCUT2D eigenvalue weighted by Crippen LogP contribution is 2.33. The van der Waals surface area contributed by atoms with E-state index in [1.807, 2.05) is 0 Å². The molecule has 1 N–H and O–H groups in total. The van der Waals surface area contributed by atoms with E-state index in [2.05, 4.69) is 20.0 Å². The van der Waals surface area contributed by atoms with Crippen LogP contribution in [-0.4, -0.2) is 36.3 Å². The number of halogens is 4. The van der Waals surface area contributed by atoms with Crippen molar-refractivity contribution in [3.63, 3.8) is 0 Å². The first-order chi connectivity index (χ1) is 8.01. The summed E-state index contributed by atoms with van der Waals surface area (Å²) >= 11 is 0. The molecular formula is C8H9F4N3O2. The Labute approximate surface area is 93.1 Å². The minimum absolute atomic E-state index is 0.160. The molecule has 17 heavy (non-hydrogen) atoms. The third-order valence-corrected chi connectivity index (χ3v) is 2.22. The molecule has 1 aliphatic rings. The molecule has 0 radical (unpaired) electrons. The Morgan fingerprint density at radius 3 is 2.76 bits per heavy atom. The quantitative estimate of drug-likeness (QED) is 0.819. The van der Waals surface area contributed by atoms with Crippen LogP contribution < -0.4 is 5.32 Å². The van der Waals surface area contributed by atoms with E-state index in [0.717, 1.165) is 0 Å². The lowest BCUT2D eigenvalue weighted by atomic mass is 10.3. The molecule has 5 nitrogen and oxygen atoms in total. The molecule has 1 fully saturated rings. The third-order valence-electron chi connectivity index (χ3n) is 2.22. The topological polar surface area (TPSA) is 60.2 Å². The lowest BCUT2D eigenvalue weighted by molar-refractivity contribution is -0.152. The Morgan fingerprint density at radius 1 is 1.41 bits per heavy atom. The molecule has 0 amide bonds. The van der Waals surface area contributed by atoms with Crippen LogP contribution in [0.1, 0.15) is 17.8 Å². The van der Waals surface area contributed by atoms with Gasteiger partial charge in [-0.25, -0.2) is 8.78 Å². The monoisotopic (exact) mass is 255 g/mol. The van der Waals surface area contributed by atoms with Gasteiger partial charge < -0.3 is 14.6 Å². The van der Waals surface area contributed by atoms with Crippen molar-refractivity contribution in [2.45, 2.75) is 18.5 Å². The number of morpholine rings is 1. The highest BCUT2D eigenvalue weighted by atomic mass is 19.3. The maximum Gasteiger partial charge on any atom is 0.383 e. The fraction of sp³-hybridized carbons (Fsp3) is 0.750. The zero-order valence-electron chi connectivity index (χ0n) is 8.50. The van der Waals surface area contributed by atoms with Crippen molar-refractivity contribution in [1.29, 1.82) is 0 Å². The van der Waals surface area contributed by atoms with E-state index in [1.165, 1.54) is 0 Å². The van der Waals surface area contributed by atoms with E-state index in [4.69, 9.17) is 4.74 Å². The van der Waals surface area contributed by atoms with Gasteiger partial charge in [-0.1, -0.05) is 5.16 Å². The number of aromatic nitrogens is 2. The molecule has 1 aromatic rings. The van der Waals surface area contributed by atoms with Crippen molar-refractivity contribution >= 4 is 0 Å². The molecule has 0 spiro atoms. The summed E-state index contributed by atoms with van der Waals surface area (Å²) in [5, 5.41) is 6.15. The van der Waals surface area contributed by atoms with E-state index in [1.54, 1.807) is 0 Å². The van der Waals surface area contributed by atoms with Crippen LogP contribution in [0.25, 0.3) is 0 Å². The van der Waals surface area contributed by atoms with Crippen LogP contribution in [0.4, 0.5) is 17.6 Å². The molecule has 2 rings (SSSR count). The van der Waals surface area contributed by atoms with Gasteiger partial charge in [0.05, 0.1) is 6.61 Å². The Kier molecular flexibility index (Phi) is 3.29. The van der Waals surface area contributed by atoms with Crippen LogP contribution in [-0.2, 0) is 10.7 Å². The fourth-order valence-corrected chi connectivity index (χ4v) is 1.33. The van der Waals surface area contributed by atoms with E-state index >= 15 is 0 Å². The first kappa shape index (κ1) is 12.2. The largest absolute Gasteiger partial charge is 0.383 e. The average molecular weight is 255 g/mol. The summed E-state index contributed by atoms with van der Waals surface area (Å²) < 4.78 is 59.1. The first-order valence-corrected chi connectivity index (χ1v) is 4.84. The summed E-state index contributed by atoms with van der Waals surface area (Å²) in [6.07, 6.45) is -4.55. The maximum absolute atomic E-state index is 12.9. The minimum atomic E-state index is -4.44. The van der Waals surface area contributed by atoms with Gasteiger partial charge in [0, 0.05) is 13.1 Å². The second-order valence-electron chi connectivity index (χ2n) is 3.44. The van der Waals surface area contributed by atoms with Crippen molar-refractivity contribution in [2.24, 2.45) is 0 Å².